The molecule has 18 heavy (non-hydrogen) atoms. The third kappa shape index (κ3) is 2.73. The lowest BCUT2D eigenvalue weighted by molar-refractivity contribution is -0.145. The standard InChI is InChI=1S/C13H12FNO3/c14-10-3-1-9(2-4-10)11(7-15)13(16)12-8-17-5-6-18-12/h1-4,11-12H,5-6,8H2. The average Bonchev–Trinajstić information content (AvgIpc) is 2.42. The molecule has 1 saturated heterocycles. The summed E-state index contributed by atoms with van der Waals surface area (Å²) in [5.41, 5.74) is 0.470. The topological polar surface area (TPSA) is 59.3 Å². The molecule has 0 radical (unpaired) electrons. The van der Waals surface area contributed by atoms with E-state index in [1.54, 1.807) is 0 Å². The Kier molecular flexibility index (Phi) is 4.03. The maximum absolute atomic E-state index is 12.8. The van der Waals surface area contributed by atoms with Gasteiger partial charge in [-0.1, -0.05) is 12.1 Å². The van der Waals surface area contributed by atoms with Crippen molar-refractivity contribution in [3.63, 3.8) is 0 Å². The fraction of sp³-hybridized carbons (Fsp3) is 0.385. The van der Waals surface area contributed by atoms with Crippen LogP contribution >= 0.6 is 0 Å². The highest BCUT2D eigenvalue weighted by Gasteiger charge is 2.30. The molecule has 1 fully saturated rings. The highest BCUT2D eigenvalue weighted by atomic mass is 19.1. The number of hydrogen-bond donors (Lipinski definition) is 0. The molecule has 0 saturated carbocycles. The van der Waals surface area contributed by atoms with Crippen LogP contribution in [0.3, 0.4) is 0 Å². The van der Waals surface area contributed by atoms with E-state index in [0.717, 1.165) is 0 Å². The van der Waals surface area contributed by atoms with E-state index in [0.29, 0.717) is 18.8 Å². The molecule has 0 aliphatic carbocycles. The number of ether oxygens (including phenoxy) is 2. The van der Waals surface area contributed by atoms with Crippen LogP contribution in [0.5, 0.6) is 0 Å². The van der Waals surface area contributed by atoms with Crippen LogP contribution in [0.1, 0.15) is 11.5 Å². The van der Waals surface area contributed by atoms with Crippen molar-refractivity contribution in [1.82, 2.24) is 0 Å². The number of nitrogens with zero attached hydrogens (tertiary/aromatic N) is 1. The first-order chi connectivity index (χ1) is 8.72. The van der Waals surface area contributed by atoms with E-state index in [9.17, 15) is 9.18 Å². The van der Waals surface area contributed by atoms with E-state index in [1.807, 2.05) is 6.07 Å². The Morgan fingerprint density at radius 1 is 1.39 bits per heavy atom. The molecule has 5 heteroatoms. The molecule has 0 aromatic heterocycles. The molecule has 0 amide bonds. The SMILES string of the molecule is N#CC(C(=O)C1COCCO1)c1ccc(F)cc1. The van der Waals surface area contributed by atoms with Gasteiger partial charge in [0.05, 0.1) is 25.9 Å². The van der Waals surface area contributed by atoms with E-state index in [2.05, 4.69) is 0 Å². The first kappa shape index (κ1) is 12.7. The number of ketones is 1. The smallest absolute Gasteiger partial charge is 0.185 e. The summed E-state index contributed by atoms with van der Waals surface area (Å²) in [7, 11) is 0. The van der Waals surface area contributed by atoms with Crippen LogP contribution in [0, 0.1) is 17.1 Å². The van der Waals surface area contributed by atoms with Crippen LogP contribution < -0.4 is 0 Å². The molecule has 0 bridgehead atoms. The molecule has 0 spiro atoms. The first-order valence-corrected chi connectivity index (χ1v) is 5.60. The molecule has 1 heterocycles. The van der Waals surface area contributed by atoms with Crippen LogP contribution in [-0.2, 0) is 14.3 Å². The number of carbonyl (C=O) groups excluding carboxylic acids is 1. The second kappa shape index (κ2) is 5.71. The minimum absolute atomic E-state index is 0.165. The van der Waals surface area contributed by atoms with E-state index < -0.39 is 17.8 Å². The Morgan fingerprint density at radius 2 is 2.11 bits per heavy atom. The number of benzene rings is 1. The summed E-state index contributed by atoms with van der Waals surface area (Å²) in [4.78, 5) is 12.1. The summed E-state index contributed by atoms with van der Waals surface area (Å²) in [5, 5.41) is 9.09. The van der Waals surface area contributed by atoms with Crippen LogP contribution in [0.2, 0.25) is 0 Å². The van der Waals surface area contributed by atoms with Crippen molar-refractivity contribution in [3.8, 4) is 6.07 Å². The van der Waals surface area contributed by atoms with Crippen molar-refractivity contribution in [2.45, 2.75) is 12.0 Å². The Hall–Kier alpha value is -1.77. The Bertz CT molecular complexity index is 460. The van der Waals surface area contributed by atoms with Crippen LogP contribution in [0.25, 0.3) is 0 Å². The zero-order chi connectivity index (χ0) is 13.0. The number of nitriles is 1. The second-order valence-electron chi connectivity index (χ2n) is 3.95. The van der Waals surface area contributed by atoms with Crippen LogP contribution in [0.15, 0.2) is 24.3 Å². The summed E-state index contributed by atoms with van der Waals surface area (Å²) in [6.07, 6.45) is -0.714. The van der Waals surface area contributed by atoms with Gasteiger partial charge in [0, 0.05) is 0 Å². The van der Waals surface area contributed by atoms with Crippen molar-refractivity contribution in [3.05, 3.63) is 35.6 Å². The average molecular weight is 249 g/mol. The highest BCUT2D eigenvalue weighted by molar-refractivity contribution is 5.92. The van der Waals surface area contributed by atoms with Gasteiger partial charge in [-0.05, 0) is 17.7 Å². The zero-order valence-electron chi connectivity index (χ0n) is 9.64. The van der Waals surface area contributed by atoms with Gasteiger partial charge in [-0.25, -0.2) is 4.39 Å². The van der Waals surface area contributed by atoms with E-state index in [-0.39, 0.29) is 12.4 Å². The van der Waals surface area contributed by atoms with Gasteiger partial charge in [0.25, 0.3) is 0 Å². The summed E-state index contributed by atoms with van der Waals surface area (Å²) in [6.45, 7) is 0.966. The molecule has 94 valence electrons. The zero-order valence-corrected chi connectivity index (χ0v) is 9.64. The normalized spacial score (nSPS) is 21.0. The molecule has 2 unspecified atom stereocenters. The minimum Gasteiger partial charge on any atom is -0.376 e. The molecule has 1 aromatic carbocycles. The van der Waals surface area contributed by atoms with Crippen LogP contribution in [0.4, 0.5) is 4.39 Å². The molecule has 2 rings (SSSR count). The first-order valence-electron chi connectivity index (χ1n) is 5.60. The fourth-order valence-corrected chi connectivity index (χ4v) is 1.80. The molecule has 0 N–H and O–H groups in total. The Balaban J connectivity index is 2.15. The largest absolute Gasteiger partial charge is 0.376 e. The summed E-state index contributed by atoms with van der Waals surface area (Å²) in [6, 6.07) is 7.25. The van der Waals surface area contributed by atoms with Gasteiger partial charge >= 0.3 is 0 Å². The maximum Gasteiger partial charge on any atom is 0.185 e. The summed E-state index contributed by atoms with van der Waals surface area (Å²) < 4.78 is 23.2. The number of carbonyl (C=O) groups is 1. The third-order valence-electron chi connectivity index (χ3n) is 2.75. The molecular formula is C13H12FNO3. The summed E-state index contributed by atoms with van der Waals surface area (Å²) in [5.74, 6) is -1.69. The number of halogens is 1. The molecule has 1 aliphatic rings. The maximum atomic E-state index is 12.8. The third-order valence-corrected chi connectivity index (χ3v) is 2.75. The predicted octanol–water partition coefficient (Wildman–Crippen LogP) is 1.42. The van der Waals surface area contributed by atoms with E-state index >= 15 is 0 Å². The van der Waals surface area contributed by atoms with Gasteiger partial charge in [0.1, 0.15) is 17.8 Å². The van der Waals surface area contributed by atoms with Gasteiger partial charge in [0.15, 0.2) is 5.78 Å². The lowest BCUT2D eigenvalue weighted by Crippen LogP contribution is -2.38. The van der Waals surface area contributed by atoms with Crippen molar-refractivity contribution in [1.29, 1.82) is 5.26 Å². The number of Topliss-reactive ketones (excluding diaryl/α,β-unsaturated/α-hetero) is 1. The monoisotopic (exact) mass is 249 g/mol. The lowest BCUT2D eigenvalue weighted by Gasteiger charge is -2.23. The number of rotatable bonds is 3. The predicted molar refractivity (Wildman–Crippen MR) is 60.3 cm³/mol. The quantitative estimate of drug-likeness (QED) is 0.812. The van der Waals surface area contributed by atoms with Crippen molar-refractivity contribution in [2.75, 3.05) is 19.8 Å². The molecule has 2 atom stereocenters. The van der Waals surface area contributed by atoms with Crippen LogP contribution in [-0.4, -0.2) is 31.7 Å². The highest BCUT2D eigenvalue weighted by Crippen LogP contribution is 2.20. The number of hydrogen-bond acceptors (Lipinski definition) is 4. The lowest BCUT2D eigenvalue weighted by atomic mass is 9.93. The van der Waals surface area contributed by atoms with Crippen molar-refractivity contribution >= 4 is 5.78 Å². The second-order valence-corrected chi connectivity index (χ2v) is 3.95. The fourth-order valence-electron chi connectivity index (χ4n) is 1.80. The summed E-state index contributed by atoms with van der Waals surface area (Å²) >= 11 is 0. The Morgan fingerprint density at radius 3 is 2.67 bits per heavy atom. The van der Waals surface area contributed by atoms with Gasteiger partial charge in [-0.15, -0.1) is 0 Å². The van der Waals surface area contributed by atoms with E-state index in [4.69, 9.17) is 14.7 Å². The minimum atomic E-state index is -0.947. The van der Waals surface area contributed by atoms with E-state index in [1.165, 1.54) is 24.3 Å². The van der Waals surface area contributed by atoms with Crippen molar-refractivity contribution in [2.24, 2.45) is 0 Å². The molecule has 4 nitrogen and oxygen atoms in total. The molecule has 1 aliphatic heterocycles. The van der Waals surface area contributed by atoms with Gasteiger partial charge in [0.2, 0.25) is 0 Å². The van der Waals surface area contributed by atoms with Gasteiger partial charge in [-0.2, -0.15) is 5.26 Å². The Labute approximate surface area is 104 Å². The van der Waals surface area contributed by atoms with Crippen molar-refractivity contribution < 1.29 is 18.7 Å². The molecule has 1 aromatic rings. The van der Waals surface area contributed by atoms with Gasteiger partial charge in [-0.3, -0.25) is 4.79 Å². The van der Waals surface area contributed by atoms with Gasteiger partial charge < -0.3 is 9.47 Å². The molecular weight excluding hydrogens is 237 g/mol.